The Morgan fingerprint density at radius 1 is 1.10 bits per heavy atom. The second kappa shape index (κ2) is 13.1. The molecule has 5 heterocycles. The maximum absolute atomic E-state index is 11.6. The fourth-order valence-electron chi connectivity index (χ4n) is 7.89. The molecule has 3 aliphatic rings. The van der Waals surface area contributed by atoms with Crippen LogP contribution in [-0.2, 0) is 23.3 Å². The first-order valence-electron chi connectivity index (χ1n) is 16.7. The Morgan fingerprint density at radius 3 is 2.59 bits per heavy atom. The number of aliphatic hydroxyl groups is 1. The van der Waals surface area contributed by atoms with Gasteiger partial charge >= 0.3 is 5.97 Å². The van der Waals surface area contributed by atoms with Crippen molar-refractivity contribution in [3.63, 3.8) is 0 Å². The van der Waals surface area contributed by atoms with Crippen LogP contribution in [0.15, 0.2) is 85.2 Å². The van der Waals surface area contributed by atoms with Gasteiger partial charge in [0, 0.05) is 63.2 Å². The van der Waals surface area contributed by atoms with Crippen molar-refractivity contribution >= 4 is 28.7 Å². The van der Waals surface area contributed by atoms with Gasteiger partial charge in [0.15, 0.2) is 0 Å². The van der Waals surface area contributed by atoms with Crippen LogP contribution in [0.5, 0.6) is 5.88 Å². The Bertz CT molecular complexity index is 1990. The molecule has 0 bridgehead atoms. The number of aromatic nitrogens is 2. The molecule has 0 radical (unpaired) electrons. The number of fused-ring (bicyclic) bond motifs is 1. The molecule has 2 saturated heterocycles. The fraction of sp³-hybridized carbons (Fsp3) is 0.359. The Kier molecular flexibility index (Phi) is 8.84. The molecule has 2 aliphatic heterocycles. The molecule has 7 rings (SSSR count). The highest BCUT2D eigenvalue weighted by molar-refractivity contribution is 6.32. The van der Waals surface area contributed by atoms with Crippen molar-refractivity contribution in [1.82, 2.24) is 19.2 Å². The third-order valence-corrected chi connectivity index (χ3v) is 11.0. The molecule has 0 amide bonds. The molecule has 9 nitrogen and oxygen atoms in total. The summed E-state index contributed by atoms with van der Waals surface area (Å²) in [5.74, 6) is -0.314. The first kappa shape index (κ1) is 33.1. The highest BCUT2D eigenvalue weighted by Gasteiger charge is 2.53. The van der Waals surface area contributed by atoms with E-state index in [4.69, 9.17) is 21.3 Å². The summed E-state index contributed by atoms with van der Waals surface area (Å²) >= 11 is 7.87. The summed E-state index contributed by atoms with van der Waals surface area (Å²) in [6.45, 7) is 6.28. The predicted molar refractivity (Wildman–Crippen MR) is 188 cm³/mol. The van der Waals surface area contributed by atoms with Gasteiger partial charge in [0.2, 0.25) is 5.88 Å². The average Bonchev–Trinajstić information content (AvgIpc) is 3.74. The van der Waals surface area contributed by atoms with Crippen LogP contribution >= 0.6 is 11.6 Å². The SMILES string of the molecule is COc1nc(C2(c3cc4c(C#N)cc(CN5CCC(C(=O)O)C5)cn4c3)C=CC=C(c3ccccc3)C2(C)Cl)ccc1CN1CC(CO)C1. The number of pyridine rings is 2. The van der Waals surface area contributed by atoms with Gasteiger partial charge in [0.1, 0.15) is 6.07 Å². The number of allylic oxidation sites excluding steroid dienone is 4. The van der Waals surface area contributed by atoms with Crippen LogP contribution < -0.4 is 4.74 Å². The van der Waals surface area contributed by atoms with Crippen molar-refractivity contribution in [2.45, 2.75) is 36.7 Å². The number of nitriles is 1. The Morgan fingerprint density at radius 2 is 1.90 bits per heavy atom. The lowest BCUT2D eigenvalue weighted by molar-refractivity contribution is -0.141. The minimum atomic E-state index is -1.02. The van der Waals surface area contributed by atoms with Gasteiger partial charge in [-0.25, -0.2) is 4.98 Å². The van der Waals surface area contributed by atoms with Gasteiger partial charge in [-0.2, -0.15) is 5.26 Å². The number of aliphatic hydroxyl groups excluding tert-OH is 1. The van der Waals surface area contributed by atoms with Crippen LogP contribution in [0, 0.1) is 23.2 Å². The molecule has 2 N–H and O–H groups in total. The molecule has 3 unspecified atom stereocenters. The number of carboxylic acid groups (broad SMARTS) is 1. The van der Waals surface area contributed by atoms with E-state index in [1.54, 1.807) is 7.11 Å². The molecule has 49 heavy (non-hydrogen) atoms. The first-order chi connectivity index (χ1) is 23.7. The number of ether oxygens (including phenoxy) is 1. The number of carbonyl (C=O) groups is 1. The number of halogens is 1. The number of rotatable bonds is 10. The molecule has 0 saturated carbocycles. The maximum Gasteiger partial charge on any atom is 0.307 e. The van der Waals surface area contributed by atoms with Crippen molar-refractivity contribution in [3.05, 3.63) is 119 Å². The third kappa shape index (κ3) is 5.83. The van der Waals surface area contributed by atoms with Crippen molar-refractivity contribution < 1.29 is 19.7 Å². The lowest BCUT2D eigenvalue weighted by Gasteiger charge is -2.46. The van der Waals surface area contributed by atoms with Crippen LogP contribution in [0.2, 0.25) is 0 Å². The number of aliphatic carboxylic acids is 1. The Labute approximate surface area is 291 Å². The smallest absolute Gasteiger partial charge is 0.307 e. The van der Waals surface area contributed by atoms with E-state index in [1.807, 2.05) is 66.2 Å². The molecule has 1 aliphatic carbocycles. The van der Waals surface area contributed by atoms with Gasteiger partial charge in [0.05, 0.1) is 40.1 Å². The molecular weight excluding hydrogens is 638 g/mol. The van der Waals surface area contributed by atoms with Crippen LogP contribution in [0.25, 0.3) is 11.1 Å². The quantitative estimate of drug-likeness (QED) is 0.212. The van der Waals surface area contributed by atoms with E-state index < -0.39 is 16.3 Å². The second-order valence-corrected chi connectivity index (χ2v) is 14.4. The Hall–Kier alpha value is -4.46. The second-order valence-electron chi connectivity index (χ2n) is 13.7. The zero-order valence-corrected chi connectivity index (χ0v) is 28.5. The van der Waals surface area contributed by atoms with Crippen LogP contribution in [0.3, 0.4) is 0 Å². The minimum absolute atomic E-state index is 0.190. The summed E-state index contributed by atoms with van der Waals surface area (Å²) in [6.07, 6.45) is 10.9. The van der Waals surface area contributed by atoms with Crippen LogP contribution in [0.1, 0.15) is 46.9 Å². The predicted octanol–water partition coefficient (Wildman–Crippen LogP) is 5.48. The van der Waals surface area contributed by atoms with E-state index in [0.717, 1.165) is 46.4 Å². The maximum atomic E-state index is 11.6. The molecule has 0 spiro atoms. The monoisotopic (exact) mass is 677 g/mol. The minimum Gasteiger partial charge on any atom is -0.481 e. The lowest BCUT2D eigenvalue weighted by Crippen LogP contribution is -2.48. The number of carboxylic acids is 1. The number of nitrogens with zero attached hydrogens (tertiary/aromatic N) is 5. The van der Waals surface area contributed by atoms with Gasteiger partial charge in [-0.3, -0.25) is 14.6 Å². The highest BCUT2D eigenvalue weighted by atomic mass is 35.5. The molecule has 3 atom stereocenters. The molecule has 4 aromatic rings. The van der Waals surface area contributed by atoms with Gasteiger partial charge in [-0.05, 0) is 60.4 Å². The van der Waals surface area contributed by atoms with E-state index in [2.05, 4.69) is 46.2 Å². The van der Waals surface area contributed by atoms with E-state index in [-0.39, 0.29) is 12.5 Å². The summed E-state index contributed by atoms with van der Waals surface area (Å²) in [7, 11) is 1.63. The average molecular weight is 678 g/mol. The van der Waals surface area contributed by atoms with Gasteiger partial charge in [-0.15, -0.1) is 11.6 Å². The van der Waals surface area contributed by atoms with E-state index in [1.165, 1.54) is 0 Å². The number of methoxy groups -OCH3 is 1. The number of likely N-dealkylation sites (tertiary alicyclic amines) is 2. The summed E-state index contributed by atoms with van der Waals surface area (Å²) in [5.41, 5.74) is 5.73. The van der Waals surface area contributed by atoms with Crippen molar-refractivity contribution in [1.29, 1.82) is 5.26 Å². The number of benzene rings is 1. The molecular formula is C39H40ClN5O4. The van der Waals surface area contributed by atoms with E-state index in [9.17, 15) is 20.3 Å². The summed E-state index contributed by atoms with van der Waals surface area (Å²) in [4.78, 5) is 20.1. The summed E-state index contributed by atoms with van der Waals surface area (Å²) in [6, 6.07) is 20.5. The molecule has 3 aromatic heterocycles. The third-order valence-electron chi connectivity index (χ3n) is 10.5. The van der Waals surface area contributed by atoms with E-state index in [0.29, 0.717) is 55.7 Å². The normalized spacial score (nSPS) is 24.5. The molecule has 10 heteroatoms. The number of alkyl halides is 1. The summed E-state index contributed by atoms with van der Waals surface area (Å²) < 4.78 is 7.89. The largest absolute Gasteiger partial charge is 0.481 e. The van der Waals surface area contributed by atoms with Crippen LogP contribution in [0.4, 0.5) is 0 Å². The summed E-state index contributed by atoms with van der Waals surface area (Å²) in [5, 5.41) is 29.3. The topological polar surface area (TPSA) is 114 Å². The van der Waals surface area contributed by atoms with Gasteiger partial charge in [0.25, 0.3) is 0 Å². The van der Waals surface area contributed by atoms with Crippen molar-refractivity contribution in [2.75, 3.05) is 39.9 Å². The Balaban J connectivity index is 1.34. The fourth-order valence-corrected chi connectivity index (χ4v) is 8.33. The lowest BCUT2D eigenvalue weighted by atomic mass is 9.62. The van der Waals surface area contributed by atoms with Gasteiger partial charge < -0.3 is 19.4 Å². The van der Waals surface area contributed by atoms with E-state index >= 15 is 0 Å². The van der Waals surface area contributed by atoms with Crippen LogP contribution in [-0.4, -0.2) is 80.1 Å². The van der Waals surface area contributed by atoms with Crippen molar-refractivity contribution in [3.8, 4) is 11.9 Å². The zero-order valence-electron chi connectivity index (χ0n) is 27.7. The first-order valence-corrected chi connectivity index (χ1v) is 17.1. The van der Waals surface area contributed by atoms with Crippen molar-refractivity contribution in [2.24, 2.45) is 11.8 Å². The highest BCUT2D eigenvalue weighted by Crippen LogP contribution is 2.55. The molecule has 2 fully saturated rings. The molecule has 1 aromatic carbocycles. The standard InChI is InChI=1S/C39H40ClN5O4/c1-38(40)33(28-7-4-3-5-8-28)9-6-13-39(38,35-11-10-29(36(42-35)49-2)22-44-19-27(20-44)25-46)32-16-34-31(17-41)15-26(21-45(34)24-32)18-43-14-12-30(23-43)37(47)48/h3-11,13,15-16,21,24,27,30,46H,12,14,18-20,22-23,25H2,1-2H3,(H,47,48). The number of hydrogen-bond donors (Lipinski definition) is 2. The zero-order chi connectivity index (χ0) is 34.3. The van der Waals surface area contributed by atoms with Gasteiger partial charge in [-0.1, -0.05) is 54.6 Å². The molecule has 252 valence electrons. The number of hydrogen-bond acceptors (Lipinski definition) is 7.